The van der Waals surface area contributed by atoms with E-state index in [1.54, 1.807) is 0 Å². The van der Waals surface area contributed by atoms with Gasteiger partial charge in [-0.15, -0.1) is 0 Å². The first-order valence-corrected chi connectivity index (χ1v) is 24.2. The Labute approximate surface area is 387 Å². The van der Waals surface area contributed by atoms with Crippen LogP contribution in [0.1, 0.15) is 113 Å². The fourth-order valence-corrected chi connectivity index (χ4v) is 15.2. The molecule has 0 spiro atoms. The molecule has 0 aromatic carbocycles. The quantitative estimate of drug-likeness (QED) is 0.112. The van der Waals surface area contributed by atoms with Crippen molar-refractivity contribution in [1.82, 2.24) is 0 Å². The summed E-state index contributed by atoms with van der Waals surface area (Å²) in [6, 6.07) is 0. The van der Waals surface area contributed by atoms with Crippen LogP contribution in [-0.4, -0.2) is 180 Å². The van der Waals surface area contributed by atoms with Gasteiger partial charge in [-0.05, 0) is 110 Å². The number of aliphatic hydroxyl groups is 10. The Morgan fingerprint density at radius 1 is 0.682 bits per heavy atom. The average Bonchev–Trinajstić information content (AvgIpc) is 3.24. The molecule has 0 unspecified atom stereocenters. The second-order valence-electron chi connectivity index (χ2n) is 23.7. The predicted molar refractivity (Wildman–Crippen MR) is 231 cm³/mol. The van der Waals surface area contributed by atoms with Crippen molar-refractivity contribution in [3.63, 3.8) is 0 Å². The molecule has 5 aliphatic carbocycles. The van der Waals surface area contributed by atoms with Gasteiger partial charge in [0.2, 0.25) is 0 Å². The number of carbonyl (C=O) groups is 1. The van der Waals surface area contributed by atoms with E-state index in [9.17, 15) is 61.0 Å². The van der Waals surface area contributed by atoms with E-state index in [2.05, 4.69) is 40.7 Å². The monoisotopic (exact) mass is 943 g/mol. The number of hydrogen-bond acceptors (Lipinski definition) is 17. The summed E-state index contributed by atoms with van der Waals surface area (Å²) in [5.41, 5.74) is 0.206. The van der Waals surface area contributed by atoms with Crippen LogP contribution in [0, 0.1) is 50.2 Å². The van der Waals surface area contributed by atoms with Crippen molar-refractivity contribution in [2.75, 3.05) is 13.2 Å². The van der Waals surface area contributed by atoms with Gasteiger partial charge < -0.3 is 84.6 Å². The van der Waals surface area contributed by atoms with Crippen LogP contribution in [0.5, 0.6) is 0 Å². The molecule has 18 nitrogen and oxygen atoms in total. The van der Waals surface area contributed by atoms with Crippen molar-refractivity contribution >= 4 is 5.97 Å². The summed E-state index contributed by atoms with van der Waals surface area (Å²) in [6.45, 7) is 16.7. The second kappa shape index (κ2) is 17.7. The molecular weight excluding hydrogens is 865 g/mol. The molecule has 8 rings (SSSR count). The Balaban J connectivity index is 1.03. The number of rotatable bonds is 9. The number of carboxylic acid groups (broad SMARTS) is 1. The highest BCUT2D eigenvalue weighted by molar-refractivity contribution is 5.73. The van der Waals surface area contributed by atoms with Crippen molar-refractivity contribution in [3.8, 4) is 0 Å². The van der Waals surface area contributed by atoms with Crippen LogP contribution < -0.4 is 0 Å². The van der Waals surface area contributed by atoms with E-state index in [1.807, 2.05) is 13.8 Å². The Hall–Kier alpha value is -1.43. The Morgan fingerprint density at radius 3 is 1.95 bits per heavy atom. The number of hydrogen-bond donors (Lipinski definition) is 11. The standard InChI is InChI=1S/C48H78O18/c1-21-28(52)29(53)33(57)40(61-21)63-35-25(19-49)62-41(34(58)32(35)56)65-37-31(55)30(54)36(39(59)60)64-42(37)66-38-24(51)18-45(6)26(44(38,4)5)11-12-47(8)27(45)10-9-22-23-17-43(2,3)13-15-48(23,20-50)16-14-46(22,47)7/h9,21,23-38,40-42,49-58H,10-20H2,1-8H3,(H,59,60)/t21-,23+,24-,25+,26-,27+,28-,29+,30-,31-,32+,33+,34+,35-,36-,37+,38-,40-,41-,42-,45-,46+,47+,48+/m0/s1. The smallest absolute Gasteiger partial charge is 0.335 e. The molecule has 0 amide bonds. The zero-order chi connectivity index (χ0) is 48.4. The highest BCUT2D eigenvalue weighted by Gasteiger charge is 2.70. The highest BCUT2D eigenvalue weighted by atomic mass is 16.8. The Kier molecular flexibility index (Phi) is 13.7. The molecule has 4 saturated carbocycles. The van der Waals surface area contributed by atoms with Gasteiger partial charge in [0.1, 0.15) is 61.0 Å². The average molecular weight is 943 g/mol. The summed E-state index contributed by atoms with van der Waals surface area (Å²) in [6.07, 6.45) is -17.7. The third-order valence-electron chi connectivity index (χ3n) is 19.3. The number of fused-ring (bicyclic) bond motifs is 7. The SMILES string of the molecule is C[C@@H]1O[C@@H](O[C@@H]2[C@H](O)[C@@H](O)[C@H](O[C@H]3[C@H](O[C@H]4[C@@H](O)C[C@]5(C)[C@H]6CC=C7[C@H]8CC(C)(C)CC[C@]8(CO)CC[C@@]7(C)[C@]6(C)CC[C@H]5C4(C)C)O[C@H](C(=O)O)[C@@H](O)[C@@H]3O)O[C@@H]2CO)[C@H](O)[C@H](O)[C@H]1O. The van der Waals surface area contributed by atoms with E-state index >= 15 is 0 Å². The summed E-state index contributed by atoms with van der Waals surface area (Å²) >= 11 is 0. The summed E-state index contributed by atoms with van der Waals surface area (Å²) in [7, 11) is 0. The summed E-state index contributed by atoms with van der Waals surface area (Å²) in [4.78, 5) is 12.4. The van der Waals surface area contributed by atoms with Crippen LogP contribution in [-0.2, 0) is 33.2 Å². The minimum absolute atomic E-state index is 0.00238. The number of ether oxygens (including phenoxy) is 6. The van der Waals surface area contributed by atoms with Crippen LogP contribution in [0.25, 0.3) is 0 Å². The van der Waals surface area contributed by atoms with Gasteiger partial charge in [0.05, 0.1) is 24.9 Å². The van der Waals surface area contributed by atoms with E-state index in [4.69, 9.17) is 28.4 Å². The van der Waals surface area contributed by atoms with E-state index in [-0.39, 0.29) is 45.5 Å². The maximum atomic E-state index is 12.4. The molecule has 24 atom stereocenters. The predicted octanol–water partition coefficient (Wildman–Crippen LogP) is 0.705. The molecular formula is C48H78O18. The Morgan fingerprint density at radius 2 is 1.30 bits per heavy atom. The van der Waals surface area contributed by atoms with Gasteiger partial charge in [-0.25, -0.2) is 4.79 Å². The molecule has 8 aliphatic rings. The van der Waals surface area contributed by atoms with E-state index < -0.39 is 122 Å². The largest absolute Gasteiger partial charge is 0.479 e. The van der Waals surface area contributed by atoms with Crippen molar-refractivity contribution in [2.45, 2.75) is 218 Å². The number of aliphatic hydroxyl groups excluding tert-OH is 10. The van der Waals surface area contributed by atoms with Gasteiger partial charge in [0.25, 0.3) is 0 Å². The topological polar surface area (TPSA) is 295 Å². The lowest BCUT2D eigenvalue weighted by atomic mass is 9.33. The summed E-state index contributed by atoms with van der Waals surface area (Å²) < 4.78 is 35.6. The van der Waals surface area contributed by atoms with Crippen LogP contribution in [0.3, 0.4) is 0 Å². The fraction of sp³-hybridized carbons (Fsp3) is 0.938. The normalized spacial score (nSPS) is 54.5. The molecule has 66 heavy (non-hydrogen) atoms. The maximum Gasteiger partial charge on any atom is 0.335 e. The maximum absolute atomic E-state index is 12.4. The molecule has 3 saturated heterocycles. The van der Waals surface area contributed by atoms with E-state index in [0.29, 0.717) is 12.3 Å². The van der Waals surface area contributed by atoms with E-state index in [1.165, 1.54) is 12.5 Å². The van der Waals surface area contributed by atoms with Gasteiger partial charge >= 0.3 is 5.97 Å². The molecule has 378 valence electrons. The first-order valence-electron chi connectivity index (χ1n) is 24.2. The third kappa shape index (κ3) is 7.87. The lowest BCUT2D eigenvalue weighted by Crippen LogP contribution is -2.69. The van der Waals surface area contributed by atoms with Crippen LogP contribution in [0.2, 0.25) is 0 Å². The highest BCUT2D eigenvalue weighted by Crippen LogP contribution is 2.76. The number of allylic oxidation sites excluding steroid dienone is 2. The molecule has 18 heteroatoms. The summed E-state index contributed by atoms with van der Waals surface area (Å²) in [5.74, 6) is -1.11. The minimum Gasteiger partial charge on any atom is -0.479 e. The number of aliphatic carboxylic acids is 1. The molecule has 0 radical (unpaired) electrons. The van der Waals surface area contributed by atoms with E-state index in [0.717, 1.165) is 51.4 Å². The van der Waals surface area contributed by atoms with Gasteiger partial charge in [-0.3, -0.25) is 0 Å². The van der Waals surface area contributed by atoms with Gasteiger partial charge in [-0.1, -0.05) is 60.1 Å². The molecule has 3 heterocycles. The van der Waals surface area contributed by atoms with Crippen molar-refractivity contribution < 1.29 is 89.4 Å². The third-order valence-corrected chi connectivity index (χ3v) is 19.3. The lowest BCUT2D eigenvalue weighted by Gasteiger charge is -2.72. The second-order valence-corrected chi connectivity index (χ2v) is 23.7. The molecule has 11 N–H and O–H groups in total. The van der Waals surface area contributed by atoms with Crippen molar-refractivity contribution in [3.05, 3.63) is 11.6 Å². The molecule has 0 aromatic heterocycles. The number of carboxylic acids is 1. The Bertz CT molecular complexity index is 1810. The zero-order valence-corrected chi connectivity index (χ0v) is 39.7. The summed E-state index contributed by atoms with van der Waals surface area (Å²) in [5, 5.41) is 120. The first kappa shape index (κ1) is 50.9. The molecule has 3 aliphatic heterocycles. The minimum atomic E-state index is -2.06. The van der Waals surface area contributed by atoms with Gasteiger partial charge in [0.15, 0.2) is 25.0 Å². The lowest BCUT2D eigenvalue weighted by molar-refractivity contribution is -0.390. The first-order chi connectivity index (χ1) is 30.7. The van der Waals surface area contributed by atoms with Gasteiger partial charge in [-0.2, -0.15) is 0 Å². The molecule has 0 aromatic rings. The van der Waals surface area contributed by atoms with Crippen LogP contribution in [0.4, 0.5) is 0 Å². The zero-order valence-electron chi connectivity index (χ0n) is 39.7. The molecule has 0 bridgehead atoms. The molecule has 7 fully saturated rings. The fourth-order valence-electron chi connectivity index (χ4n) is 15.2. The van der Waals surface area contributed by atoms with Crippen LogP contribution >= 0.6 is 0 Å². The van der Waals surface area contributed by atoms with Gasteiger partial charge in [0, 0.05) is 12.0 Å². The van der Waals surface area contributed by atoms with Crippen molar-refractivity contribution in [2.24, 2.45) is 50.2 Å². The van der Waals surface area contributed by atoms with Crippen LogP contribution in [0.15, 0.2) is 11.6 Å². The van der Waals surface area contributed by atoms with Crippen molar-refractivity contribution in [1.29, 1.82) is 0 Å².